The normalized spacial score (nSPS) is 33.1. The van der Waals surface area contributed by atoms with Crippen molar-refractivity contribution in [1.82, 2.24) is 55.6 Å². The Morgan fingerprint density at radius 1 is 0.604 bits per heavy atom. The maximum atomic E-state index is 15.0. The van der Waals surface area contributed by atoms with Crippen LogP contribution in [0.15, 0.2) is 0 Å². The average molecular weight is 1310 g/mol. The first kappa shape index (κ1) is 74.3. The van der Waals surface area contributed by atoms with Gasteiger partial charge in [-0.15, -0.1) is 11.6 Å². The highest BCUT2D eigenvalue weighted by Gasteiger charge is 2.51. The molecule has 26 heteroatoms. The number of amides is 11. The van der Waals surface area contributed by atoms with Gasteiger partial charge in [-0.1, -0.05) is 79.6 Å². The van der Waals surface area contributed by atoms with Gasteiger partial charge in [-0.05, 0) is 127 Å². The number of nitrogens with one attached hydrogen (secondary N) is 4. The molecule has 13 atom stereocenters. The van der Waals surface area contributed by atoms with E-state index in [1.807, 2.05) is 20.8 Å². The Balaban J connectivity index is 1.34. The summed E-state index contributed by atoms with van der Waals surface area (Å²) < 4.78 is 41.7. The molecule has 3 aliphatic heterocycles. The number of carbonyl (C=O) groups excluding carboxylic acids is 11. The molecule has 0 bridgehead atoms. The van der Waals surface area contributed by atoms with Gasteiger partial charge >= 0.3 is 6.18 Å². The molecule has 3 aliphatic carbocycles. The summed E-state index contributed by atoms with van der Waals surface area (Å²) in [6.07, 6.45) is 2.15. The van der Waals surface area contributed by atoms with Crippen LogP contribution >= 0.6 is 11.6 Å². The number of carbonyl (C=O) groups is 11. The van der Waals surface area contributed by atoms with Gasteiger partial charge in [-0.3, -0.25) is 52.7 Å². The second kappa shape index (κ2) is 31.9. The van der Waals surface area contributed by atoms with Gasteiger partial charge in [0.25, 0.3) is 0 Å². The van der Waals surface area contributed by atoms with Crippen molar-refractivity contribution in [3.8, 4) is 0 Å². The summed E-state index contributed by atoms with van der Waals surface area (Å²) in [6.45, 7) is 14.0. The second-order valence-corrected chi connectivity index (χ2v) is 28.8. The Morgan fingerprint density at radius 2 is 1.23 bits per heavy atom. The number of hydrogen-bond donors (Lipinski definition) is 4. The van der Waals surface area contributed by atoms with Crippen LogP contribution in [0, 0.1) is 35.5 Å². The Morgan fingerprint density at radius 3 is 1.81 bits per heavy atom. The van der Waals surface area contributed by atoms with E-state index in [9.17, 15) is 61.1 Å². The zero-order chi connectivity index (χ0) is 67.7. The van der Waals surface area contributed by atoms with E-state index in [-0.39, 0.29) is 108 Å². The van der Waals surface area contributed by atoms with Crippen LogP contribution in [0.4, 0.5) is 13.2 Å². The summed E-state index contributed by atoms with van der Waals surface area (Å²) in [7, 11) is 7.30. The van der Waals surface area contributed by atoms with Crippen LogP contribution in [0.2, 0.25) is 0 Å². The van der Waals surface area contributed by atoms with Gasteiger partial charge in [-0.2, -0.15) is 13.2 Å². The standard InChI is InChI=1S/C65H105ClF3N11O11/c1-14-39(5)54-62(90)75(10)42(8)58(86)80-31-27-49(80)61(89)78(13)51(35-44-21-19-38(4)20-22-44)60(88)74(9)36-52(81)71-47(26-24-43-23-25-45(46(66)34-43)65(67,68)69)59(87)79-30-17-18-48(79)57(85)73-64(28-15-16-29-64)63(91)76(11)41(7)55(83)70-40(6)33-53(82)77(12)50(32-37(2)3)56(84)72-54/h37-51,54H,14-36H2,1-13H3,(H,70,83)(H,71,81)(H,72,84)(H,73,85)/t38?,39-,40+,41-,42-,43?,44?,45?,46?,47-,48-,49-,50-,51-,54-/m0/s1. The average Bonchev–Trinajstić information content (AvgIpc) is 1.85. The molecule has 91 heavy (non-hydrogen) atoms. The minimum atomic E-state index is -4.49. The number of halogens is 4. The second-order valence-electron chi connectivity index (χ2n) is 28.2. The van der Waals surface area contributed by atoms with Crippen molar-refractivity contribution in [2.45, 2.75) is 255 Å². The van der Waals surface area contributed by atoms with E-state index >= 15 is 4.79 Å². The number of likely N-dealkylation sites (N-methyl/N-ethyl adjacent to an activating group) is 5. The Hall–Kier alpha value is -5.75. The van der Waals surface area contributed by atoms with Gasteiger partial charge in [0.15, 0.2) is 0 Å². The van der Waals surface area contributed by atoms with Crippen LogP contribution in [-0.2, 0) is 52.7 Å². The smallest absolute Gasteiger partial charge is 0.351 e. The molecule has 11 amide bonds. The molecule has 3 unspecified atom stereocenters. The Labute approximate surface area is 541 Å². The van der Waals surface area contributed by atoms with Gasteiger partial charge in [0.05, 0.1) is 12.5 Å². The van der Waals surface area contributed by atoms with E-state index in [2.05, 4.69) is 28.2 Å². The van der Waals surface area contributed by atoms with Crippen molar-refractivity contribution in [2.75, 3.05) is 54.9 Å². The van der Waals surface area contributed by atoms with Crippen molar-refractivity contribution in [1.29, 1.82) is 0 Å². The number of rotatable bonds is 9. The molecule has 6 aliphatic rings. The predicted molar refractivity (Wildman–Crippen MR) is 336 cm³/mol. The summed E-state index contributed by atoms with van der Waals surface area (Å²) in [5, 5.41) is 10.4. The molecule has 1 spiro atoms. The zero-order valence-corrected chi connectivity index (χ0v) is 56.9. The van der Waals surface area contributed by atoms with Crippen LogP contribution < -0.4 is 21.3 Å². The van der Waals surface area contributed by atoms with E-state index in [0.717, 1.165) is 25.7 Å². The topological polar surface area (TPSA) is 259 Å². The molecular formula is C65H105ClF3N11O11. The predicted octanol–water partition coefficient (Wildman–Crippen LogP) is 5.37. The third-order valence-electron chi connectivity index (χ3n) is 21.1. The summed E-state index contributed by atoms with van der Waals surface area (Å²) in [4.78, 5) is 170. The fraction of sp³-hybridized carbons (Fsp3) is 0.831. The first-order chi connectivity index (χ1) is 42.6. The SMILES string of the molecule is CC[C@H](C)[C@@H]1NC(=O)[C@H](CC(C)C)N(C)C(=O)C[C@@H](C)NC(=O)[C@H](C)N(C)C(=O)C2(CCCC2)NC(=O)[C@@H]2CCCN2C(=O)[C@H](CCC2CCC(C(F)(F)F)C(Cl)C2)NC(=O)CN(C)C(=O)[C@H](CC2CCC(C)CC2)N(C)C(=O)[C@@H]2CCN2C(=O)[C@H](C)N(C)C1=O. The lowest BCUT2D eigenvalue weighted by Crippen LogP contribution is -2.65. The molecule has 0 aromatic heterocycles. The van der Waals surface area contributed by atoms with Gasteiger partial charge in [0.1, 0.15) is 53.9 Å². The van der Waals surface area contributed by atoms with Crippen molar-refractivity contribution < 1.29 is 65.9 Å². The lowest BCUT2D eigenvalue weighted by molar-refractivity contribution is -0.182. The molecule has 0 aromatic rings. The number of alkyl halides is 4. The summed E-state index contributed by atoms with van der Waals surface area (Å²) in [5.41, 5.74) is -1.46. The zero-order valence-electron chi connectivity index (χ0n) is 56.1. The summed E-state index contributed by atoms with van der Waals surface area (Å²) in [6, 6.07) is -9.69. The Bertz CT molecular complexity index is 2640. The lowest BCUT2D eigenvalue weighted by atomic mass is 9.78. The minimum Gasteiger partial charge on any atom is -0.351 e. The fourth-order valence-corrected chi connectivity index (χ4v) is 14.9. The van der Waals surface area contributed by atoms with Gasteiger partial charge in [0, 0.05) is 66.2 Å². The molecule has 3 heterocycles. The largest absolute Gasteiger partial charge is 0.393 e. The van der Waals surface area contributed by atoms with Crippen molar-refractivity contribution >= 4 is 76.6 Å². The summed E-state index contributed by atoms with van der Waals surface area (Å²) in [5.74, 6) is -8.47. The van der Waals surface area contributed by atoms with Crippen LogP contribution in [-0.4, -0.2) is 226 Å². The molecule has 22 nitrogen and oxygen atoms in total. The highest BCUT2D eigenvalue weighted by molar-refractivity contribution is 6.20. The van der Waals surface area contributed by atoms with E-state index in [1.165, 1.54) is 83.4 Å². The van der Waals surface area contributed by atoms with Crippen molar-refractivity contribution in [3.63, 3.8) is 0 Å². The van der Waals surface area contributed by atoms with Crippen LogP contribution in [0.1, 0.15) is 184 Å². The molecular weight excluding hydrogens is 1200 g/mol. The Kier molecular flexibility index (Phi) is 26.1. The molecule has 0 radical (unpaired) electrons. The monoisotopic (exact) mass is 1310 g/mol. The van der Waals surface area contributed by atoms with Crippen LogP contribution in [0.25, 0.3) is 0 Å². The maximum absolute atomic E-state index is 15.0. The molecule has 4 N–H and O–H groups in total. The van der Waals surface area contributed by atoms with Crippen molar-refractivity contribution in [2.24, 2.45) is 35.5 Å². The fourth-order valence-electron chi connectivity index (χ4n) is 14.4. The first-order valence-electron chi connectivity index (χ1n) is 33.5. The molecule has 6 fully saturated rings. The number of hydrogen-bond acceptors (Lipinski definition) is 11. The lowest BCUT2D eigenvalue weighted by Gasteiger charge is -2.45. The van der Waals surface area contributed by atoms with E-state index in [4.69, 9.17) is 11.6 Å². The minimum absolute atomic E-state index is 0.0163. The molecule has 0 aromatic carbocycles. The third kappa shape index (κ3) is 18.1. The highest BCUT2D eigenvalue weighted by atomic mass is 35.5. The van der Waals surface area contributed by atoms with Crippen LogP contribution in [0.3, 0.4) is 0 Å². The first-order valence-corrected chi connectivity index (χ1v) is 33.9. The molecule has 3 saturated carbocycles. The van der Waals surface area contributed by atoms with E-state index in [0.29, 0.717) is 31.6 Å². The molecule has 6 rings (SSSR count). The molecule has 3 saturated heterocycles. The number of fused-ring (bicyclic) bond motifs is 2. The quantitative estimate of drug-likeness (QED) is 0.214. The summed E-state index contributed by atoms with van der Waals surface area (Å²) >= 11 is 6.36. The maximum Gasteiger partial charge on any atom is 0.393 e. The third-order valence-corrected chi connectivity index (χ3v) is 21.6. The van der Waals surface area contributed by atoms with Gasteiger partial charge in [-0.25, -0.2) is 0 Å². The molecule has 514 valence electrons. The van der Waals surface area contributed by atoms with Crippen LogP contribution in [0.5, 0.6) is 0 Å². The number of nitrogens with zero attached hydrogens (tertiary/aromatic N) is 7. The van der Waals surface area contributed by atoms with E-state index in [1.54, 1.807) is 13.8 Å². The van der Waals surface area contributed by atoms with E-state index < -0.39 is 155 Å². The van der Waals surface area contributed by atoms with Crippen molar-refractivity contribution in [3.05, 3.63) is 0 Å². The highest BCUT2D eigenvalue weighted by Crippen LogP contribution is 2.44. The van der Waals surface area contributed by atoms with Gasteiger partial charge < -0.3 is 55.6 Å². The van der Waals surface area contributed by atoms with Gasteiger partial charge in [0.2, 0.25) is 65.0 Å².